The minimum atomic E-state index is -4.74. The van der Waals surface area contributed by atoms with E-state index in [-0.39, 0.29) is 16.8 Å². The molecular weight excluding hydrogens is 380 g/mol. The van der Waals surface area contributed by atoms with Crippen LogP contribution >= 0.6 is 0 Å². The molecule has 0 N–H and O–H groups in total. The predicted molar refractivity (Wildman–Crippen MR) is 90.3 cm³/mol. The van der Waals surface area contributed by atoms with E-state index in [9.17, 15) is 22.4 Å². The summed E-state index contributed by atoms with van der Waals surface area (Å²) in [6.07, 6.45) is 0.722. The van der Waals surface area contributed by atoms with Crippen LogP contribution in [0.1, 0.15) is 16.7 Å². The lowest BCUT2D eigenvalue weighted by atomic mass is 10.1. The van der Waals surface area contributed by atoms with Gasteiger partial charge in [0, 0.05) is 24.2 Å². The van der Waals surface area contributed by atoms with Crippen LogP contribution in [0.15, 0.2) is 41.2 Å². The monoisotopic (exact) mass is 392 g/mol. The largest absolute Gasteiger partial charge is 0.488 e. The summed E-state index contributed by atoms with van der Waals surface area (Å²) in [5, 5.41) is 7.29. The molecule has 1 heterocycles. The number of aryl methyl sites for hydroxylation is 1. The number of alkyl halides is 3. The quantitative estimate of drug-likeness (QED) is 0.506. The molecule has 0 bridgehead atoms. The first-order chi connectivity index (χ1) is 13.2. The maximum atomic E-state index is 13.5. The van der Waals surface area contributed by atoms with Gasteiger partial charge in [0.1, 0.15) is 18.2 Å². The molecular formula is C18H12F4N4O2. The maximum absolute atomic E-state index is 13.5. The molecule has 144 valence electrons. The highest BCUT2D eigenvalue weighted by Gasteiger charge is 2.34. The number of ether oxygens (including phenoxy) is 1. The second-order valence-corrected chi connectivity index (χ2v) is 5.67. The van der Waals surface area contributed by atoms with E-state index in [1.807, 2.05) is 0 Å². The van der Waals surface area contributed by atoms with Crippen LogP contribution < -0.4 is 10.4 Å². The zero-order valence-electron chi connectivity index (χ0n) is 14.4. The minimum absolute atomic E-state index is 0.193. The standard InChI is InChI=1S/C18H12F4N4O2/c1-3-11-5-4-6-15(26-17(27)25(2)23-24-26)13(11)10-28-16-9-12(19)7-8-14(16)18(20,21)22/h1,4-9H,10H2,2H3. The highest BCUT2D eigenvalue weighted by molar-refractivity contribution is 5.51. The Balaban J connectivity index is 2.05. The smallest absolute Gasteiger partial charge is 0.419 e. The number of tetrazole rings is 1. The van der Waals surface area contributed by atoms with E-state index < -0.39 is 35.6 Å². The molecule has 0 radical (unpaired) electrons. The van der Waals surface area contributed by atoms with Gasteiger partial charge in [0.15, 0.2) is 0 Å². The number of aromatic nitrogens is 4. The molecule has 0 unspecified atom stereocenters. The summed E-state index contributed by atoms with van der Waals surface area (Å²) in [5.74, 6) is 0.790. The topological polar surface area (TPSA) is 61.9 Å². The second kappa shape index (κ2) is 7.19. The molecule has 0 fully saturated rings. The molecule has 0 saturated heterocycles. The molecule has 0 aliphatic carbocycles. The van der Waals surface area contributed by atoms with Crippen molar-refractivity contribution in [2.75, 3.05) is 0 Å². The Bertz CT molecular complexity index is 1130. The van der Waals surface area contributed by atoms with Gasteiger partial charge in [-0.25, -0.2) is 9.18 Å². The van der Waals surface area contributed by atoms with E-state index in [2.05, 4.69) is 16.3 Å². The lowest BCUT2D eigenvalue weighted by Gasteiger charge is -2.16. The molecule has 0 amide bonds. The van der Waals surface area contributed by atoms with Crippen molar-refractivity contribution in [2.45, 2.75) is 12.8 Å². The molecule has 0 aliphatic heterocycles. The Morgan fingerprint density at radius 2 is 1.96 bits per heavy atom. The van der Waals surface area contributed by atoms with Crippen LogP contribution in [0.25, 0.3) is 5.69 Å². The van der Waals surface area contributed by atoms with E-state index in [0.717, 1.165) is 9.36 Å². The molecule has 0 saturated carbocycles. The van der Waals surface area contributed by atoms with Crippen LogP contribution in [0, 0.1) is 18.2 Å². The van der Waals surface area contributed by atoms with Crippen LogP contribution in [-0.2, 0) is 19.8 Å². The Hall–Kier alpha value is -3.61. The van der Waals surface area contributed by atoms with Crippen LogP contribution in [-0.4, -0.2) is 19.8 Å². The average Bonchev–Trinajstić information content (AvgIpc) is 2.97. The molecule has 0 aliphatic rings. The summed E-state index contributed by atoms with van der Waals surface area (Å²) in [6.45, 7) is -0.453. The predicted octanol–water partition coefficient (Wildman–Crippen LogP) is 2.68. The fourth-order valence-corrected chi connectivity index (χ4v) is 2.52. The van der Waals surface area contributed by atoms with Crippen molar-refractivity contribution in [3.8, 4) is 23.8 Å². The number of benzene rings is 2. The van der Waals surface area contributed by atoms with E-state index in [0.29, 0.717) is 18.2 Å². The van der Waals surface area contributed by atoms with Crippen molar-refractivity contribution in [2.24, 2.45) is 7.05 Å². The third-order valence-corrected chi connectivity index (χ3v) is 3.88. The third-order valence-electron chi connectivity index (χ3n) is 3.88. The zero-order chi connectivity index (χ0) is 20.5. The summed E-state index contributed by atoms with van der Waals surface area (Å²) < 4.78 is 60.1. The summed E-state index contributed by atoms with van der Waals surface area (Å²) in [6, 6.07) is 6.49. The molecule has 1 aromatic heterocycles. The highest BCUT2D eigenvalue weighted by atomic mass is 19.4. The van der Waals surface area contributed by atoms with Crippen molar-refractivity contribution < 1.29 is 22.3 Å². The van der Waals surface area contributed by atoms with Crippen LogP contribution in [0.2, 0.25) is 0 Å². The van der Waals surface area contributed by atoms with Gasteiger partial charge >= 0.3 is 11.9 Å². The highest BCUT2D eigenvalue weighted by Crippen LogP contribution is 2.37. The van der Waals surface area contributed by atoms with Gasteiger partial charge in [-0.2, -0.15) is 22.5 Å². The van der Waals surface area contributed by atoms with Gasteiger partial charge < -0.3 is 4.74 Å². The van der Waals surface area contributed by atoms with Crippen molar-refractivity contribution in [1.82, 2.24) is 19.8 Å². The third kappa shape index (κ3) is 3.59. The number of rotatable bonds is 4. The van der Waals surface area contributed by atoms with Gasteiger partial charge in [-0.05, 0) is 34.7 Å². The molecule has 28 heavy (non-hydrogen) atoms. The number of hydrogen-bond donors (Lipinski definition) is 0. The Labute approximate surface area is 156 Å². The van der Waals surface area contributed by atoms with Crippen LogP contribution in [0.4, 0.5) is 17.6 Å². The van der Waals surface area contributed by atoms with Gasteiger partial charge in [-0.15, -0.1) is 6.42 Å². The minimum Gasteiger partial charge on any atom is -0.488 e. The van der Waals surface area contributed by atoms with E-state index >= 15 is 0 Å². The first-order valence-corrected chi connectivity index (χ1v) is 7.80. The van der Waals surface area contributed by atoms with Crippen molar-refractivity contribution in [1.29, 1.82) is 0 Å². The van der Waals surface area contributed by atoms with Gasteiger partial charge in [-0.3, -0.25) is 0 Å². The fraction of sp³-hybridized carbons (Fsp3) is 0.167. The fourth-order valence-electron chi connectivity index (χ4n) is 2.52. The maximum Gasteiger partial charge on any atom is 0.419 e. The van der Waals surface area contributed by atoms with Crippen molar-refractivity contribution >= 4 is 0 Å². The summed E-state index contributed by atoms with van der Waals surface area (Å²) in [5.41, 5.74) is -1.02. The molecule has 2 aromatic carbocycles. The summed E-state index contributed by atoms with van der Waals surface area (Å²) >= 11 is 0. The molecule has 3 rings (SSSR count). The summed E-state index contributed by atoms with van der Waals surface area (Å²) in [4.78, 5) is 12.1. The summed E-state index contributed by atoms with van der Waals surface area (Å²) in [7, 11) is 1.38. The first-order valence-electron chi connectivity index (χ1n) is 7.80. The number of hydrogen-bond acceptors (Lipinski definition) is 4. The molecule has 0 atom stereocenters. The van der Waals surface area contributed by atoms with Gasteiger partial charge in [0.05, 0.1) is 11.3 Å². The molecule has 6 nitrogen and oxygen atoms in total. The second-order valence-electron chi connectivity index (χ2n) is 5.67. The van der Waals surface area contributed by atoms with E-state index in [1.54, 1.807) is 6.07 Å². The average molecular weight is 392 g/mol. The van der Waals surface area contributed by atoms with Crippen molar-refractivity contribution in [3.63, 3.8) is 0 Å². The number of terminal acetylenes is 1. The molecule has 3 aromatic rings. The normalized spacial score (nSPS) is 11.3. The lowest BCUT2D eigenvalue weighted by Crippen LogP contribution is -2.23. The number of nitrogens with zero attached hydrogens (tertiary/aromatic N) is 4. The Kier molecular flexibility index (Phi) is 4.92. The van der Waals surface area contributed by atoms with Crippen LogP contribution in [0.5, 0.6) is 5.75 Å². The van der Waals surface area contributed by atoms with Crippen molar-refractivity contribution in [3.05, 3.63) is 69.4 Å². The van der Waals surface area contributed by atoms with Gasteiger partial charge in [-0.1, -0.05) is 12.0 Å². The SMILES string of the molecule is C#Cc1cccc(-n2nnn(C)c2=O)c1COc1cc(F)ccc1C(F)(F)F. The van der Waals surface area contributed by atoms with Gasteiger partial charge in [0.2, 0.25) is 0 Å². The van der Waals surface area contributed by atoms with E-state index in [1.165, 1.54) is 19.2 Å². The zero-order valence-corrected chi connectivity index (χ0v) is 14.4. The van der Waals surface area contributed by atoms with Gasteiger partial charge in [0.25, 0.3) is 0 Å². The van der Waals surface area contributed by atoms with Crippen LogP contribution in [0.3, 0.4) is 0 Å². The Morgan fingerprint density at radius 3 is 2.57 bits per heavy atom. The Morgan fingerprint density at radius 1 is 1.21 bits per heavy atom. The first kappa shape index (κ1) is 19.2. The van der Waals surface area contributed by atoms with E-state index in [4.69, 9.17) is 11.2 Å². The molecule has 10 heteroatoms. The lowest BCUT2D eigenvalue weighted by molar-refractivity contribution is -0.139. The molecule has 0 spiro atoms. The number of halogens is 4.